The summed E-state index contributed by atoms with van der Waals surface area (Å²) in [5.41, 5.74) is 0.253. The predicted octanol–water partition coefficient (Wildman–Crippen LogP) is 3.46. The summed E-state index contributed by atoms with van der Waals surface area (Å²) in [6.07, 6.45) is 7.58. The Kier molecular flexibility index (Phi) is 4.56. The van der Waals surface area contributed by atoms with Crippen LogP contribution in [0.5, 0.6) is 0 Å². The van der Waals surface area contributed by atoms with Gasteiger partial charge in [-0.05, 0) is 85.4 Å². The zero-order chi connectivity index (χ0) is 20.6. The molecule has 3 N–H and O–H groups in total. The third-order valence-electron chi connectivity index (χ3n) is 10.2. The van der Waals surface area contributed by atoms with Crippen LogP contribution in [-0.2, 0) is 0 Å². The average molecular weight is 405 g/mol. The quantitative estimate of drug-likeness (QED) is 0.701. The molecule has 4 aliphatic carbocycles. The lowest BCUT2D eigenvalue weighted by Gasteiger charge is -2.64. The molecule has 29 heavy (non-hydrogen) atoms. The SMILES string of the molecule is CC[C@@H]1C2C[C@H](O)CCC2(C)C2CCC3(C)C(c4noc(=O)[nH]4)CCC3C2[C@@H]1O. The molecule has 7 unspecified atom stereocenters. The van der Waals surface area contributed by atoms with E-state index in [9.17, 15) is 15.0 Å². The van der Waals surface area contributed by atoms with Gasteiger partial charge < -0.3 is 10.2 Å². The molecule has 10 atom stereocenters. The normalized spacial score (nSPS) is 51.9. The molecule has 0 aliphatic heterocycles. The van der Waals surface area contributed by atoms with Gasteiger partial charge in [0, 0.05) is 5.92 Å². The fourth-order valence-corrected chi connectivity index (χ4v) is 8.80. The van der Waals surface area contributed by atoms with E-state index in [1.807, 2.05) is 0 Å². The molecule has 4 saturated carbocycles. The fourth-order valence-electron chi connectivity index (χ4n) is 8.80. The zero-order valence-corrected chi connectivity index (χ0v) is 17.9. The summed E-state index contributed by atoms with van der Waals surface area (Å²) < 4.78 is 4.83. The van der Waals surface area contributed by atoms with Crippen LogP contribution in [0.1, 0.15) is 83.9 Å². The Balaban J connectivity index is 1.52. The smallest absolute Gasteiger partial charge is 0.393 e. The predicted molar refractivity (Wildman–Crippen MR) is 108 cm³/mol. The third-order valence-corrected chi connectivity index (χ3v) is 10.2. The Morgan fingerprint density at radius 2 is 1.79 bits per heavy atom. The molecule has 0 aromatic carbocycles. The van der Waals surface area contributed by atoms with Gasteiger partial charge in [0.25, 0.3) is 0 Å². The maximum atomic E-state index is 11.7. The summed E-state index contributed by atoms with van der Waals surface area (Å²) in [5, 5.41) is 26.1. The molecule has 0 spiro atoms. The number of hydrogen-bond donors (Lipinski definition) is 3. The Morgan fingerprint density at radius 1 is 1.07 bits per heavy atom. The van der Waals surface area contributed by atoms with E-state index in [4.69, 9.17) is 4.52 Å². The minimum absolute atomic E-state index is 0.0393. The largest absolute Gasteiger partial charge is 0.438 e. The second-order valence-corrected chi connectivity index (χ2v) is 11.0. The van der Waals surface area contributed by atoms with Crippen molar-refractivity contribution in [1.82, 2.24) is 10.1 Å². The van der Waals surface area contributed by atoms with Crippen LogP contribution in [0.2, 0.25) is 0 Å². The number of H-pyrrole nitrogens is 1. The Labute approximate surface area is 172 Å². The summed E-state index contributed by atoms with van der Waals surface area (Å²) >= 11 is 0. The molecule has 162 valence electrons. The van der Waals surface area contributed by atoms with Gasteiger partial charge in [-0.3, -0.25) is 9.51 Å². The molecule has 0 radical (unpaired) electrons. The van der Waals surface area contributed by atoms with Crippen molar-refractivity contribution in [2.24, 2.45) is 40.4 Å². The standard InChI is InChI=1S/C23H36N2O4/c1-4-13-17-11-12(26)7-9-23(17,3)15-8-10-22(2)14(18(15)19(13)27)5-6-16(22)20-24-21(28)29-25-20/h12-19,26-27H,4-11H2,1-3H3,(H,24,25,28)/t12-,13-,14?,15?,16?,17?,18?,19-,22?,23?/m1/s1. The lowest BCUT2D eigenvalue weighted by atomic mass is 9.41. The van der Waals surface area contributed by atoms with Gasteiger partial charge in [-0.2, -0.15) is 0 Å². The Hall–Kier alpha value is -1.14. The minimum atomic E-state index is -0.472. The van der Waals surface area contributed by atoms with E-state index in [-0.39, 0.29) is 34.9 Å². The number of nitrogens with one attached hydrogen (secondary N) is 1. The van der Waals surface area contributed by atoms with Gasteiger partial charge in [0.2, 0.25) is 0 Å². The highest BCUT2D eigenvalue weighted by Crippen LogP contribution is 2.69. The lowest BCUT2D eigenvalue weighted by Crippen LogP contribution is -2.62. The molecular weight excluding hydrogens is 368 g/mol. The van der Waals surface area contributed by atoms with Crippen LogP contribution in [0.25, 0.3) is 0 Å². The Morgan fingerprint density at radius 3 is 2.48 bits per heavy atom. The summed E-state index contributed by atoms with van der Waals surface area (Å²) in [5.74, 6) is 2.38. The number of aromatic amines is 1. The van der Waals surface area contributed by atoms with Crippen LogP contribution < -0.4 is 5.76 Å². The fraction of sp³-hybridized carbons (Fsp3) is 0.913. The van der Waals surface area contributed by atoms with Crippen molar-refractivity contribution < 1.29 is 14.7 Å². The van der Waals surface area contributed by atoms with Gasteiger partial charge in [0.05, 0.1) is 12.2 Å². The number of aliphatic hydroxyl groups excluding tert-OH is 2. The molecule has 4 aliphatic rings. The van der Waals surface area contributed by atoms with Crippen molar-refractivity contribution in [2.75, 3.05) is 0 Å². The summed E-state index contributed by atoms with van der Waals surface area (Å²) in [4.78, 5) is 14.4. The molecule has 6 heteroatoms. The monoisotopic (exact) mass is 404 g/mol. The second kappa shape index (κ2) is 6.68. The zero-order valence-electron chi connectivity index (χ0n) is 17.9. The van der Waals surface area contributed by atoms with Gasteiger partial charge in [0.15, 0.2) is 5.82 Å². The molecule has 1 heterocycles. The van der Waals surface area contributed by atoms with Crippen LogP contribution in [0.4, 0.5) is 0 Å². The van der Waals surface area contributed by atoms with E-state index in [0.29, 0.717) is 29.5 Å². The molecule has 0 amide bonds. The van der Waals surface area contributed by atoms with Crippen molar-refractivity contribution in [3.05, 3.63) is 16.4 Å². The average Bonchev–Trinajstić information content (AvgIpc) is 3.26. The summed E-state index contributed by atoms with van der Waals surface area (Å²) in [6.45, 7) is 7.01. The second-order valence-electron chi connectivity index (χ2n) is 11.0. The molecule has 0 bridgehead atoms. The van der Waals surface area contributed by atoms with Crippen molar-refractivity contribution >= 4 is 0 Å². The summed E-state index contributed by atoms with van der Waals surface area (Å²) in [7, 11) is 0. The molecule has 1 aromatic rings. The maximum absolute atomic E-state index is 11.7. The number of hydrogen-bond acceptors (Lipinski definition) is 5. The van der Waals surface area contributed by atoms with Gasteiger partial charge in [0.1, 0.15) is 0 Å². The molecular formula is C23H36N2O4. The van der Waals surface area contributed by atoms with Gasteiger partial charge in [-0.25, -0.2) is 4.79 Å². The van der Waals surface area contributed by atoms with Crippen LogP contribution in [0.3, 0.4) is 0 Å². The number of fused-ring (bicyclic) bond motifs is 5. The molecule has 1 aromatic heterocycles. The van der Waals surface area contributed by atoms with Gasteiger partial charge in [-0.15, -0.1) is 0 Å². The molecule has 5 rings (SSSR count). The van der Waals surface area contributed by atoms with Crippen molar-refractivity contribution in [2.45, 2.75) is 90.3 Å². The van der Waals surface area contributed by atoms with Crippen LogP contribution in [0, 0.1) is 40.4 Å². The highest BCUT2D eigenvalue weighted by molar-refractivity contribution is 5.17. The molecule has 6 nitrogen and oxygen atoms in total. The molecule has 0 saturated heterocycles. The van der Waals surface area contributed by atoms with Crippen molar-refractivity contribution in [3.63, 3.8) is 0 Å². The first-order valence-electron chi connectivity index (χ1n) is 11.7. The number of rotatable bonds is 2. The van der Waals surface area contributed by atoms with Gasteiger partial charge >= 0.3 is 5.76 Å². The first-order chi connectivity index (χ1) is 13.8. The van der Waals surface area contributed by atoms with E-state index < -0.39 is 5.76 Å². The van der Waals surface area contributed by atoms with Crippen LogP contribution >= 0.6 is 0 Å². The van der Waals surface area contributed by atoms with Crippen LogP contribution in [-0.4, -0.2) is 32.6 Å². The third kappa shape index (κ3) is 2.67. The van der Waals surface area contributed by atoms with E-state index in [2.05, 4.69) is 30.9 Å². The van der Waals surface area contributed by atoms with E-state index in [0.717, 1.165) is 51.4 Å². The Bertz CT molecular complexity index is 820. The highest BCUT2D eigenvalue weighted by Gasteiger charge is 2.65. The first-order valence-corrected chi connectivity index (χ1v) is 11.7. The van der Waals surface area contributed by atoms with Crippen LogP contribution in [0.15, 0.2) is 9.32 Å². The van der Waals surface area contributed by atoms with E-state index in [1.165, 1.54) is 0 Å². The van der Waals surface area contributed by atoms with E-state index in [1.54, 1.807) is 0 Å². The van der Waals surface area contributed by atoms with Crippen molar-refractivity contribution in [1.29, 1.82) is 0 Å². The van der Waals surface area contributed by atoms with Gasteiger partial charge in [-0.1, -0.05) is 32.3 Å². The minimum Gasteiger partial charge on any atom is -0.393 e. The van der Waals surface area contributed by atoms with E-state index >= 15 is 0 Å². The number of aromatic nitrogens is 2. The first kappa shape index (κ1) is 19.8. The number of aliphatic hydroxyl groups is 2. The summed E-state index contributed by atoms with van der Waals surface area (Å²) in [6, 6.07) is 0. The molecule has 4 fully saturated rings. The van der Waals surface area contributed by atoms with Crippen molar-refractivity contribution in [3.8, 4) is 0 Å². The lowest BCUT2D eigenvalue weighted by molar-refractivity contribution is -0.200. The number of nitrogens with zero attached hydrogens (tertiary/aromatic N) is 1. The maximum Gasteiger partial charge on any atom is 0.438 e. The topological polar surface area (TPSA) is 99.4 Å². The highest BCUT2D eigenvalue weighted by atomic mass is 16.5.